The maximum Gasteiger partial charge on any atom is 0.256 e. The van der Waals surface area contributed by atoms with E-state index in [9.17, 15) is 18.0 Å². The maximum absolute atomic E-state index is 12.9. The van der Waals surface area contributed by atoms with E-state index in [1.807, 2.05) is 30.3 Å². The molecule has 29 heavy (non-hydrogen) atoms. The van der Waals surface area contributed by atoms with Crippen LogP contribution in [0.15, 0.2) is 59.5 Å². The lowest BCUT2D eigenvalue weighted by atomic mass is 10.1. The predicted octanol–water partition coefficient (Wildman–Crippen LogP) is 1.24. The molecule has 0 bridgehead atoms. The van der Waals surface area contributed by atoms with Crippen LogP contribution in [0.2, 0.25) is 0 Å². The number of carbonyl (C=O) groups excluding carboxylic acids is 2. The molecule has 0 spiro atoms. The van der Waals surface area contributed by atoms with Gasteiger partial charge in [0, 0.05) is 6.54 Å². The van der Waals surface area contributed by atoms with Crippen LogP contribution in [0.3, 0.4) is 0 Å². The van der Waals surface area contributed by atoms with Gasteiger partial charge in [-0.3, -0.25) is 20.4 Å². The summed E-state index contributed by atoms with van der Waals surface area (Å²) in [6.45, 7) is 0.240. The minimum Gasteiger partial charge on any atom is -0.497 e. The van der Waals surface area contributed by atoms with Crippen LogP contribution in [0.1, 0.15) is 18.4 Å². The molecule has 3 rings (SSSR count). The van der Waals surface area contributed by atoms with Gasteiger partial charge < -0.3 is 4.74 Å². The average Bonchev–Trinajstić information content (AvgIpc) is 3.24. The van der Waals surface area contributed by atoms with Crippen molar-refractivity contribution in [3.05, 3.63) is 60.2 Å². The third-order valence-corrected chi connectivity index (χ3v) is 6.63. The maximum atomic E-state index is 12.9. The molecule has 1 saturated heterocycles. The highest BCUT2D eigenvalue weighted by molar-refractivity contribution is 7.89. The van der Waals surface area contributed by atoms with Crippen LogP contribution in [-0.4, -0.2) is 44.2 Å². The molecule has 1 atom stereocenters. The van der Waals surface area contributed by atoms with E-state index in [0.29, 0.717) is 18.6 Å². The molecule has 0 radical (unpaired) electrons. The molecule has 1 aliphatic heterocycles. The summed E-state index contributed by atoms with van der Waals surface area (Å²) >= 11 is 0. The number of nitrogens with zero attached hydrogens (tertiary/aromatic N) is 1. The highest BCUT2D eigenvalue weighted by Gasteiger charge is 2.39. The summed E-state index contributed by atoms with van der Waals surface area (Å²) in [5.41, 5.74) is 5.52. The lowest BCUT2D eigenvalue weighted by Crippen LogP contribution is -2.51. The lowest BCUT2D eigenvalue weighted by molar-refractivity contribution is -0.130. The van der Waals surface area contributed by atoms with E-state index in [2.05, 4.69) is 10.9 Å². The first-order valence-electron chi connectivity index (χ1n) is 9.20. The number of hydrazine groups is 1. The van der Waals surface area contributed by atoms with Crippen LogP contribution in [0, 0.1) is 0 Å². The molecule has 1 fully saturated rings. The molecular formula is C20H23N3O5S. The summed E-state index contributed by atoms with van der Waals surface area (Å²) in [5.74, 6) is -0.395. The number of hydrogen-bond donors (Lipinski definition) is 2. The van der Waals surface area contributed by atoms with Gasteiger partial charge in [-0.05, 0) is 42.7 Å². The minimum atomic E-state index is -3.84. The fourth-order valence-electron chi connectivity index (χ4n) is 3.21. The lowest BCUT2D eigenvalue weighted by Gasteiger charge is -2.23. The van der Waals surface area contributed by atoms with Crippen molar-refractivity contribution >= 4 is 21.8 Å². The molecule has 0 aromatic heterocycles. The van der Waals surface area contributed by atoms with E-state index in [1.54, 1.807) is 12.1 Å². The summed E-state index contributed by atoms with van der Waals surface area (Å²) in [4.78, 5) is 24.7. The quantitative estimate of drug-likeness (QED) is 0.688. The minimum absolute atomic E-state index is 0.0890. The number of carbonyl (C=O) groups is 2. The van der Waals surface area contributed by atoms with Crippen molar-refractivity contribution in [1.29, 1.82) is 0 Å². The van der Waals surface area contributed by atoms with Crippen LogP contribution in [-0.2, 0) is 26.0 Å². The van der Waals surface area contributed by atoms with E-state index >= 15 is 0 Å². The molecule has 1 aliphatic rings. The molecular weight excluding hydrogens is 394 g/mol. The van der Waals surface area contributed by atoms with Gasteiger partial charge in [0.2, 0.25) is 15.9 Å². The Balaban J connectivity index is 1.63. The van der Waals surface area contributed by atoms with Gasteiger partial charge in [0.15, 0.2) is 0 Å². The molecule has 2 aromatic carbocycles. The normalized spacial score (nSPS) is 16.9. The molecule has 2 amide bonds. The Morgan fingerprint density at radius 3 is 2.41 bits per heavy atom. The standard InChI is InChI=1S/C20H23N3O5S/c1-28-16-9-11-17(12-10-16)29(26,27)23-13-5-8-18(23)20(25)22-21-19(24)14-15-6-3-2-4-7-15/h2-4,6-7,9-12,18H,5,8,13-14H2,1H3,(H,21,24)(H,22,25)/t18-/m1/s1. The second-order valence-electron chi connectivity index (χ2n) is 6.65. The Morgan fingerprint density at radius 2 is 1.76 bits per heavy atom. The number of methoxy groups -OCH3 is 1. The first-order chi connectivity index (χ1) is 13.9. The SMILES string of the molecule is COc1ccc(S(=O)(=O)N2CCC[C@@H]2C(=O)NNC(=O)Cc2ccccc2)cc1. The highest BCUT2D eigenvalue weighted by Crippen LogP contribution is 2.27. The topological polar surface area (TPSA) is 105 Å². The molecule has 9 heteroatoms. The van der Waals surface area contributed by atoms with Crippen molar-refractivity contribution in [2.45, 2.75) is 30.2 Å². The monoisotopic (exact) mass is 417 g/mol. The van der Waals surface area contributed by atoms with E-state index in [0.717, 1.165) is 5.56 Å². The number of amides is 2. The van der Waals surface area contributed by atoms with Crippen molar-refractivity contribution in [2.75, 3.05) is 13.7 Å². The van der Waals surface area contributed by atoms with E-state index in [1.165, 1.54) is 23.5 Å². The van der Waals surface area contributed by atoms with Crippen LogP contribution in [0.5, 0.6) is 5.75 Å². The summed E-state index contributed by atoms with van der Waals surface area (Å²) in [5, 5.41) is 0. The van der Waals surface area contributed by atoms with E-state index in [4.69, 9.17) is 4.74 Å². The first-order valence-corrected chi connectivity index (χ1v) is 10.6. The van der Waals surface area contributed by atoms with Crippen molar-refractivity contribution in [3.63, 3.8) is 0 Å². The van der Waals surface area contributed by atoms with Gasteiger partial charge in [0.1, 0.15) is 11.8 Å². The van der Waals surface area contributed by atoms with Crippen molar-refractivity contribution in [2.24, 2.45) is 0 Å². The summed E-state index contributed by atoms with van der Waals surface area (Å²) in [6, 6.07) is 14.2. The Kier molecular flexibility index (Phi) is 6.50. The van der Waals surface area contributed by atoms with Gasteiger partial charge in [-0.25, -0.2) is 8.42 Å². The van der Waals surface area contributed by atoms with Crippen LogP contribution >= 0.6 is 0 Å². The second-order valence-corrected chi connectivity index (χ2v) is 8.54. The zero-order valence-electron chi connectivity index (χ0n) is 16.0. The molecule has 0 aliphatic carbocycles. The third kappa shape index (κ3) is 4.93. The van der Waals surface area contributed by atoms with Crippen LogP contribution in [0.25, 0.3) is 0 Å². The van der Waals surface area contributed by atoms with Crippen molar-refractivity contribution in [1.82, 2.24) is 15.2 Å². The van der Waals surface area contributed by atoms with E-state index < -0.39 is 22.0 Å². The molecule has 2 N–H and O–H groups in total. The van der Waals surface area contributed by atoms with Gasteiger partial charge in [0.25, 0.3) is 5.91 Å². The summed E-state index contributed by atoms with van der Waals surface area (Å²) in [7, 11) is -2.34. The highest BCUT2D eigenvalue weighted by atomic mass is 32.2. The van der Waals surface area contributed by atoms with Gasteiger partial charge in [-0.15, -0.1) is 0 Å². The Labute approximate surface area is 169 Å². The van der Waals surface area contributed by atoms with Crippen molar-refractivity contribution in [3.8, 4) is 5.75 Å². The largest absolute Gasteiger partial charge is 0.497 e. The zero-order valence-corrected chi connectivity index (χ0v) is 16.8. The number of sulfonamides is 1. The van der Waals surface area contributed by atoms with Gasteiger partial charge in [0.05, 0.1) is 18.4 Å². The smallest absolute Gasteiger partial charge is 0.256 e. The van der Waals surface area contributed by atoms with E-state index in [-0.39, 0.29) is 23.8 Å². The molecule has 8 nitrogen and oxygen atoms in total. The average molecular weight is 417 g/mol. The summed E-state index contributed by atoms with van der Waals surface area (Å²) < 4.78 is 32.1. The molecule has 2 aromatic rings. The number of hydrogen-bond acceptors (Lipinski definition) is 5. The number of rotatable bonds is 6. The molecule has 0 unspecified atom stereocenters. The Morgan fingerprint density at radius 1 is 1.07 bits per heavy atom. The number of ether oxygens (including phenoxy) is 1. The Hall–Kier alpha value is -2.91. The number of benzene rings is 2. The van der Waals surface area contributed by atoms with Crippen molar-refractivity contribution < 1.29 is 22.7 Å². The summed E-state index contributed by atoms with van der Waals surface area (Å²) in [6.07, 6.45) is 1.06. The fourth-order valence-corrected chi connectivity index (χ4v) is 4.87. The zero-order chi connectivity index (χ0) is 20.9. The molecule has 1 heterocycles. The van der Waals surface area contributed by atoms with Crippen LogP contribution < -0.4 is 15.6 Å². The molecule has 0 saturated carbocycles. The van der Waals surface area contributed by atoms with Gasteiger partial charge >= 0.3 is 0 Å². The Bertz CT molecular complexity index is 961. The van der Waals surface area contributed by atoms with Gasteiger partial charge in [-0.1, -0.05) is 30.3 Å². The predicted molar refractivity (Wildman–Crippen MR) is 106 cm³/mol. The fraction of sp³-hybridized carbons (Fsp3) is 0.300. The first kappa shape index (κ1) is 20.8. The van der Waals surface area contributed by atoms with Gasteiger partial charge in [-0.2, -0.15) is 4.31 Å². The second kappa shape index (κ2) is 9.06. The third-order valence-electron chi connectivity index (χ3n) is 4.70. The van der Waals surface area contributed by atoms with Crippen LogP contribution in [0.4, 0.5) is 0 Å². The number of nitrogens with one attached hydrogen (secondary N) is 2. The molecule has 154 valence electrons.